The summed E-state index contributed by atoms with van der Waals surface area (Å²) in [4.78, 5) is 6.45. The van der Waals surface area contributed by atoms with Crippen molar-refractivity contribution in [1.82, 2.24) is 25.0 Å². The molecule has 0 fully saturated rings. The van der Waals surface area contributed by atoms with Gasteiger partial charge in [0, 0.05) is 44.6 Å². The van der Waals surface area contributed by atoms with Gasteiger partial charge in [-0.05, 0) is 17.7 Å². The van der Waals surface area contributed by atoms with Crippen molar-refractivity contribution in [2.24, 2.45) is 4.99 Å². The van der Waals surface area contributed by atoms with Gasteiger partial charge >= 0.3 is 0 Å². The molecule has 0 aliphatic rings. The van der Waals surface area contributed by atoms with Crippen LogP contribution in [-0.2, 0) is 19.5 Å². The van der Waals surface area contributed by atoms with E-state index in [0.29, 0.717) is 0 Å². The van der Waals surface area contributed by atoms with Crippen LogP contribution in [0.25, 0.3) is 0 Å². The number of aliphatic imine (C=N–C) groups is 1. The number of hydrogen-bond acceptors (Lipinski definition) is 3. The minimum atomic E-state index is 0. The van der Waals surface area contributed by atoms with E-state index in [1.54, 1.807) is 13.4 Å². The van der Waals surface area contributed by atoms with Crippen LogP contribution >= 0.6 is 39.9 Å². The van der Waals surface area contributed by atoms with Gasteiger partial charge < -0.3 is 14.8 Å². The number of nitrogens with zero attached hydrogens (tertiary/aromatic N) is 5. The molecular weight excluding hydrogens is 483 g/mol. The molecule has 2 aromatic rings. The molecule has 8 heteroatoms. The van der Waals surface area contributed by atoms with Gasteiger partial charge in [-0.3, -0.25) is 4.99 Å². The standard InChI is InChI=1S/C16H23BrN6.HI/c1-4-15-21-20-12-23(15)10-9-19-16(18-2)22(3)11-13-5-7-14(17)8-6-13;/h5-8,12H,4,9-11H2,1-3H3,(H,18,19);1H. The highest BCUT2D eigenvalue weighted by atomic mass is 127. The van der Waals surface area contributed by atoms with E-state index in [1.807, 2.05) is 7.05 Å². The van der Waals surface area contributed by atoms with Crippen LogP contribution in [0.2, 0.25) is 0 Å². The van der Waals surface area contributed by atoms with Crippen LogP contribution in [0.5, 0.6) is 0 Å². The molecule has 0 saturated heterocycles. The molecule has 2 rings (SSSR count). The second kappa shape index (κ2) is 10.7. The summed E-state index contributed by atoms with van der Waals surface area (Å²) in [5.41, 5.74) is 1.24. The Hall–Kier alpha value is -1.16. The summed E-state index contributed by atoms with van der Waals surface area (Å²) < 4.78 is 3.15. The lowest BCUT2D eigenvalue weighted by Crippen LogP contribution is -2.39. The van der Waals surface area contributed by atoms with E-state index in [4.69, 9.17) is 0 Å². The van der Waals surface area contributed by atoms with Crippen molar-refractivity contribution in [3.63, 3.8) is 0 Å². The summed E-state index contributed by atoms with van der Waals surface area (Å²) in [7, 11) is 3.84. The van der Waals surface area contributed by atoms with Gasteiger partial charge in [0.2, 0.25) is 0 Å². The van der Waals surface area contributed by atoms with Crippen molar-refractivity contribution in [2.45, 2.75) is 26.4 Å². The molecule has 24 heavy (non-hydrogen) atoms. The van der Waals surface area contributed by atoms with Crippen molar-refractivity contribution in [1.29, 1.82) is 0 Å². The summed E-state index contributed by atoms with van der Waals surface area (Å²) >= 11 is 3.46. The fraction of sp³-hybridized carbons (Fsp3) is 0.438. The molecule has 132 valence electrons. The molecule has 0 unspecified atom stereocenters. The molecule has 1 aromatic carbocycles. The topological polar surface area (TPSA) is 58.3 Å². The smallest absolute Gasteiger partial charge is 0.193 e. The lowest BCUT2D eigenvalue weighted by Gasteiger charge is -2.22. The first-order chi connectivity index (χ1) is 11.1. The number of halogens is 2. The monoisotopic (exact) mass is 506 g/mol. The SMILES string of the molecule is CCc1nncn1CCNC(=NC)N(C)Cc1ccc(Br)cc1.I. The Balaban J connectivity index is 0.00000288. The number of rotatable bonds is 6. The van der Waals surface area contributed by atoms with Crippen LogP contribution in [0.1, 0.15) is 18.3 Å². The zero-order valence-corrected chi connectivity index (χ0v) is 18.2. The molecule has 0 saturated carbocycles. The van der Waals surface area contributed by atoms with Crippen molar-refractivity contribution in [3.05, 3.63) is 46.5 Å². The molecule has 0 aliphatic carbocycles. The van der Waals surface area contributed by atoms with Gasteiger partial charge in [-0.15, -0.1) is 34.2 Å². The molecule has 0 amide bonds. The van der Waals surface area contributed by atoms with Gasteiger partial charge in [0.1, 0.15) is 12.2 Å². The number of nitrogens with one attached hydrogen (secondary N) is 1. The van der Waals surface area contributed by atoms with E-state index in [1.165, 1.54) is 5.56 Å². The third kappa shape index (κ3) is 6.04. The average molecular weight is 507 g/mol. The number of guanidine groups is 1. The molecule has 0 spiro atoms. The molecule has 1 heterocycles. The number of hydrogen-bond donors (Lipinski definition) is 1. The molecule has 1 N–H and O–H groups in total. The first-order valence-corrected chi connectivity index (χ1v) is 8.46. The van der Waals surface area contributed by atoms with Crippen LogP contribution in [0.3, 0.4) is 0 Å². The third-order valence-corrected chi connectivity index (χ3v) is 4.08. The Bertz CT molecular complexity index is 640. The molecule has 1 aromatic heterocycles. The Morgan fingerprint density at radius 3 is 2.67 bits per heavy atom. The maximum atomic E-state index is 4.34. The lowest BCUT2D eigenvalue weighted by molar-refractivity contribution is 0.472. The molecule has 0 atom stereocenters. The normalized spacial score (nSPS) is 11.1. The third-order valence-electron chi connectivity index (χ3n) is 3.55. The zero-order chi connectivity index (χ0) is 16.7. The van der Waals surface area contributed by atoms with Gasteiger partial charge in [-0.1, -0.05) is 35.0 Å². The van der Waals surface area contributed by atoms with Gasteiger partial charge in [0.15, 0.2) is 5.96 Å². The van der Waals surface area contributed by atoms with Gasteiger partial charge in [0.05, 0.1) is 0 Å². The van der Waals surface area contributed by atoms with Crippen molar-refractivity contribution in [2.75, 3.05) is 20.6 Å². The second-order valence-corrected chi connectivity index (χ2v) is 6.17. The van der Waals surface area contributed by atoms with Crippen molar-refractivity contribution in [3.8, 4) is 0 Å². The fourth-order valence-electron chi connectivity index (χ4n) is 2.35. The molecule has 0 bridgehead atoms. The Labute approximate surface area is 168 Å². The summed E-state index contributed by atoms with van der Waals surface area (Å²) in [5.74, 6) is 1.88. The Morgan fingerprint density at radius 1 is 1.33 bits per heavy atom. The van der Waals surface area contributed by atoms with Gasteiger partial charge in [0.25, 0.3) is 0 Å². The number of benzene rings is 1. The van der Waals surface area contributed by atoms with E-state index in [0.717, 1.165) is 42.3 Å². The highest BCUT2D eigenvalue weighted by Crippen LogP contribution is 2.11. The largest absolute Gasteiger partial charge is 0.354 e. The number of aryl methyl sites for hydroxylation is 1. The molecule has 0 aliphatic heterocycles. The quantitative estimate of drug-likeness (QED) is 0.372. The summed E-state index contributed by atoms with van der Waals surface area (Å²) in [5, 5.41) is 11.4. The van der Waals surface area contributed by atoms with E-state index >= 15 is 0 Å². The maximum Gasteiger partial charge on any atom is 0.193 e. The second-order valence-electron chi connectivity index (χ2n) is 5.25. The van der Waals surface area contributed by atoms with Gasteiger partial charge in [-0.25, -0.2) is 0 Å². The van der Waals surface area contributed by atoms with Crippen LogP contribution in [0, 0.1) is 0 Å². The highest BCUT2D eigenvalue weighted by Gasteiger charge is 2.07. The first-order valence-electron chi connectivity index (χ1n) is 7.67. The minimum Gasteiger partial charge on any atom is -0.354 e. The zero-order valence-electron chi connectivity index (χ0n) is 14.2. The summed E-state index contributed by atoms with van der Waals surface area (Å²) in [6.07, 6.45) is 2.66. The molecule has 0 radical (unpaired) electrons. The Morgan fingerprint density at radius 2 is 2.04 bits per heavy atom. The predicted octanol–water partition coefficient (Wildman–Crippen LogP) is 2.93. The van der Waals surface area contributed by atoms with E-state index < -0.39 is 0 Å². The van der Waals surface area contributed by atoms with Crippen molar-refractivity contribution >= 4 is 45.9 Å². The van der Waals surface area contributed by atoms with Crippen molar-refractivity contribution < 1.29 is 0 Å². The molecular formula is C16H24BrIN6. The van der Waals surface area contributed by atoms with Crippen LogP contribution in [0.15, 0.2) is 40.1 Å². The maximum absolute atomic E-state index is 4.34. The number of aromatic nitrogens is 3. The summed E-state index contributed by atoms with van der Waals surface area (Å²) in [6, 6.07) is 8.33. The fourth-order valence-corrected chi connectivity index (χ4v) is 2.62. The van der Waals surface area contributed by atoms with Crippen LogP contribution in [0.4, 0.5) is 0 Å². The lowest BCUT2D eigenvalue weighted by atomic mass is 10.2. The first kappa shape index (κ1) is 20.9. The van der Waals surface area contributed by atoms with Crippen LogP contribution in [-0.4, -0.2) is 46.3 Å². The minimum absolute atomic E-state index is 0. The van der Waals surface area contributed by atoms with Gasteiger partial charge in [-0.2, -0.15) is 0 Å². The van der Waals surface area contributed by atoms with E-state index in [9.17, 15) is 0 Å². The highest BCUT2D eigenvalue weighted by molar-refractivity contribution is 14.0. The van der Waals surface area contributed by atoms with Crippen LogP contribution < -0.4 is 5.32 Å². The average Bonchev–Trinajstić information content (AvgIpc) is 3.01. The predicted molar refractivity (Wildman–Crippen MR) is 112 cm³/mol. The molecule has 6 nitrogen and oxygen atoms in total. The summed E-state index contributed by atoms with van der Waals surface area (Å²) in [6.45, 7) is 4.49. The Kier molecular flexibility index (Phi) is 9.27. The van der Waals surface area contributed by atoms with E-state index in [-0.39, 0.29) is 24.0 Å². The van der Waals surface area contributed by atoms with E-state index in [2.05, 4.69) is 77.1 Å².